The molecule has 0 amide bonds. The van der Waals surface area contributed by atoms with Gasteiger partial charge in [0.05, 0.1) is 5.52 Å². The summed E-state index contributed by atoms with van der Waals surface area (Å²) in [4.78, 5) is 16.8. The van der Waals surface area contributed by atoms with E-state index in [2.05, 4.69) is 4.98 Å². The van der Waals surface area contributed by atoms with Crippen LogP contribution in [0.2, 0.25) is 0 Å². The SMILES string of the molecule is Nc1cc2c3c(cccc3n1)C(=O)c1ccccc1-2. The third kappa shape index (κ3) is 1.27. The van der Waals surface area contributed by atoms with Gasteiger partial charge in [0.1, 0.15) is 5.82 Å². The van der Waals surface area contributed by atoms with Crippen LogP contribution in [0.25, 0.3) is 22.0 Å². The van der Waals surface area contributed by atoms with Crippen LogP contribution in [0.4, 0.5) is 5.82 Å². The monoisotopic (exact) mass is 246 g/mol. The van der Waals surface area contributed by atoms with Crippen LogP contribution < -0.4 is 5.73 Å². The molecular formula is C16H10N2O. The van der Waals surface area contributed by atoms with Crippen LogP contribution in [0.3, 0.4) is 0 Å². The van der Waals surface area contributed by atoms with Gasteiger partial charge < -0.3 is 5.73 Å². The molecule has 0 atom stereocenters. The van der Waals surface area contributed by atoms with E-state index >= 15 is 0 Å². The first-order chi connectivity index (χ1) is 9.25. The molecule has 1 aliphatic carbocycles. The van der Waals surface area contributed by atoms with Gasteiger partial charge in [0, 0.05) is 16.5 Å². The van der Waals surface area contributed by atoms with Gasteiger partial charge in [0.15, 0.2) is 5.78 Å². The molecule has 0 fully saturated rings. The first-order valence-corrected chi connectivity index (χ1v) is 6.09. The van der Waals surface area contributed by atoms with Gasteiger partial charge in [-0.15, -0.1) is 0 Å². The summed E-state index contributed by atoms with van der Waals surface area (Å²) >= 11 is 0. The van der Waals surface area contributed by atoms with Crippen LogP contribution in [-0.4, -0.2) is 10.8 Å². The Labute approximate surface area is 109 Å². The standard InChI is InChI=1S/C16H10N2O/c17-14-8-12-9-4-1-2-5-10(9)16(19)11-6-3-7-13(18-14)15(11)12/h1-8H,(H2,17,18). The molecule has 0 aliphatic heterocycles. The molecule has 4 rings (SSSR count). The number of carbonyl (C=O) groups excluding carboxylic acids is 1. The molecule has 0 saturated heterocycles. The minimum Gasteiger partial charge on any atom is -0.384 e. The van der Waals surface area contributed by atoms with Crippen molar-refractivity contribution in [1.82, 2.24) is 4.98 Å². The lowest BCUT2D eigenvalue weighted by Crippen LogP contribution is -2.10. The maximum absolute atomic E-state index is 12.5. The van der Waals surface area contributed by atoms with Gasteiger partial charge in [-0.3, -0.25) is 4.79 Å². The fourth-order valence-electron chi connectivity index (χ4n) is 2.77. The molecule has 2 aromatic carbocycles. The van der Waals surface area contributed by atoms with E-state index < -0.39 is 0 Å². The van der Waals surface area contributed by atoms with Crippen molar-refractivity contribution in [3.05, 3.63) is 59.7 Å². The summed E-state index contributed by atoms with van der Waals surface area (Å²) in [6.07, 6.45) is 0. The quantitative estimate of drug-likeness (QED) is 0.519. The maximum Gasteiger partial charge on any atom is 0.194 e. The molecule has 3 heteroatoms. The van der Waals surface area contributed by atoms with Crippen molar-refractivity contribution in [3.63, 3.8) is 0 Å². The molecule has 0 radical (unpaired) electrons. The molecule has 0 unspecified atom stereocenters. The first kappa shape index (κ1) is 10.3. The minimum absolute atomic E-state index is 0.0558. The fourth-order valence-corrected chi connectivity index (χ4v) is 2.77. The zero-order valence-electron chi connectivity index (χ0n) is 10.1. The van der Waals surface area contributed by atoms with Crippen molar-refractivity contribution in [1.29, 1.82) is 0 Å². The number of nitrogens with zero attached hydrogens (tertiary/aromatic N) is 1. The lowest BCUT2D eigenvalue weighted by Gasteiger charge is -2.19. The maximum atomic E-state index is 12.5. The number of hydrogen-bond acceptors (Lipinski definition) is 3. The van der Waals surface area contributed by atoms with E-state index in [9.17, 15) is 4.79 Å². The van der Waals surface area contributed by atoms with Gasteiger partial charge in [0.25, 0.3) is 0 Å². The molecule has 1 aromatic heterocycles. The smallest absolute Gasteiger partial charge is 0.194 e. The van der Waals surface area contributed by atoms with Crippen LogP contribution in [-0.2, 0) is 0 Å². The zero-order valence-corrected chi connectivity index (χ0v) is 10.1. The van der Waals surface area contributed by atoms with E-state index in [0.717, 1.165) is 27.6 Å². The Hall–Kier alpha value is -2.68. The summed E-state index contributed by atoms with van der Waals surface area (Å²) in [5, 5.41) is 0.903. The predicted octanol–water partition coefficient (Wildman–Crippen LogP) is 3.03. The minimum atomic E-state index is 0.0558. The van der Waals surface area contributed by atoms with E-state index in [0.29, 0.717) is 11.4 Å². The van der Waals surface area contributed by atoms with Crippen molar-refractivity contribution in [3.8, 4) is 11.1 Å². The van der Waals surface area contributed by atoms with Crippen LogP contribution in [0.5, 0.6) is 0 Å². The Morgan fingerprint density at radius 1 is 0.842 bits per heavy atom. The largest absolute Gasteiger partial charge is 0.384 e. The van der Waals surface area contributed by atoms with E-state index in [-0.39, 0.29) is 5.78 Å². The Bertz CT molecular complexity index is 852. The van der Waals surface area contributed by atoms with E-state index in [1.165, 1.54) is 0 Å². The normalized spacial score (nSPS) is 12.5. The Balaban J connectivity index is 2.28. The molecular weight excluding hydrogens is 236 g/mol. The van der Waals surface area contributed by atoms with E-state index in [1.54, 1.807) is 0 Å². The van der Waals surface area contributed by atoms with Gasteiger partial charge in [-0.2, -0.15) is 0 Å². The zero-order chi connectivity index (χ0) is 13.0. The molecule has 1 aliphatic rings. The molecule has 2 N–H and O–H groups in total. The van der Waals surface area contributed by atoms with Crippen molar-refractivity contribution < 1.29 is 4.79 Å². The van der Waals surface area contributed by atoms with E-state index in [4.69, 9.17) is 5.73 Å². The number of fused-ring (bicyclic) bond motifs is 2. The molecule has 90 valence electrons. The van der Waals surface area contributed by atoms with Gasteiger partial charge in [0.2, 0.25) is 0 Å². The number of hydrogen-bond donors (Lipinski definition) is 1. The van der Waals surface area contributed by atoms with Gasteiger partial charge in [-0.05, 0) is 23.3 Å². The highest BCUT2D eigenvalue weighted by molar-refractivity contribution is 6.25. The molecule has 0 saturated carbocycles. The predicted molar refractivity (Wildman–Crippen MR) is 75.0 cm³/mol. The highest BCUT2D eigenvalue weighted by Gasteiger charge is 2.25. The molecule has 0 bridgehead atoms. The molecule has 19 heavy (non-hydrogen) atoms. The van der Waals surface area contributed by atoms with Gasteiger partial charge in [-0.25, -0.2) is 4.98 Å². The summed E-state index contributed by atoms with van der Waals surface area (Å²) in [5.41, 5.74) is 10.0. The number of nitrogen functional groups attached to an aromatic ring is 1. The second kappa shape index (κ2) is 3.42. The van der Waals surface area contributed by atoms with Crippen molar-refractivity contribution in [2.45, 2.75) is 0 Å². The highest BCUT2D eigenvalue weighted by Crippen LogP contribution is 2.39. The summed E-state index contributed by atoms with van der Waals surface area (Å²) in [6, 6.07) is 15.1. The Morgan fingerprint density at radius 3 is 2.42 bits per heavy atom. The van der Waals surface area contributed by atoms with Gasteiger partial charge in [-0.1, -0.05) is 36.4 Å². The summed E-state index contributed by atoms with van der Waals surface area (Å²) < 4.78 is 0. The summed E-state index contributed by atoms with van der Waals surface area (Å²) in [7, 11) is 0. The Kier molecular flexibility index (Phi) is 1.85. The Morgan fingerprint density at radius 2 is 1.58 bits per heavy atom. The first-order valence-electron chi connectivity index (χ1n) is 6.09. The lowest BCUT2D eigenvalue weighted by atomic mass is 9.84. The molecule has 0 spiro atoms. The number of rotatable bonds is 0. The van der Waals surface area contributed by atoms with Crippen molar-refractivity contribution in [2.24, 2.45) is 0 Å². The van der Waals surface area contributed by atoms with Crippen LogP contribution in [0.1, 0.15) is 15.9 Å². The van der Waals surface area contributed by atoms with Gasteiger partial charge >= 0.3 is 0 Å². The number of anilines is 1. The highest BCUT2D eigenvalue weighted by atomic mass is 16.1. The second-order valence-electron chi connectivity index (χ2n) is 4.67. The van der Waals surface area contributed by atoms with Crippen LogP contribution >= 0.6 is 0 Å². The molecule has 3 nitrogen and oxygen atoms in total. The fraction of sp³-hybridized carbons (Fsp3) is 0. The topological polar surface area (TPSA) is 56.0 Å². The number of pyridine rings is 1. The van der Waals surface area contributed by atoms with Crippen molar-refractivity contribution >= 4 is 22.5 Å². The second-order valence-corrected chi connectivity index (χ2v) is 4.67. The number of ketones is 1. The average Bonchev–Trinajstić information content (AvgIpc) is 2.44. The number of carbonyl (C=O) groups is 1. The summed E-state index contributed by atoms with van der Waals surface area (Å²) in [5.74, 6) is 0.532. The number of nitrogens with two attached hydrogens (primary N) is 1. The molecule has 1 heterocycles. The lowest BCUT2D eigenvalue weighted by molar-refractivity contribution is 0.104. The van der Waals surface area contributed by atoms with Crippen LogP contribution in [0, 0.1) is 0 Å². The van der Waals surface area contributed by atoms with E-state index in [1.807, 2.05) is 48.5 Å². The van der Waals surface area contributed by atoms with Crippen molar-refractivity contribution in [2.75, 3.05) is 5.73 Å². The molecule has 3 aromatic rings. The third-order valence-electron chi connectivity index (χ3n) is 3.56. The number of benzene rings is 2. The number of aromatic nitrogens is 1. The van der Waals surface area contributed by atoms with Crippen LogP contribution in [0.15, 0.2) is 48.5 Å². The average molecular weight is 246 g/mol. The third-order valence-corrected chi connectivity index (χ3v) is 3.56. The summed E-state index contributed by atoms with van der Waals surface area (Å²) in [6.45, 7) is 0.